The van der Waals surface area contributed by atoms with Gasteiger partial charge < -0.3 is 19.5 Å². The monoisotopic (exact) mass is 317 g/mol. The molecule has 0 bridgehead atoms. The fourth-order valence-electron chi connectivity index (χ4n) is 1.56. The van der Waals surface area contributed by atoms with E-state index >= 15 is 0 Å². The lowest BCUT2D eigenvalue weighted by molar-refractivity contribution is 0.263. The molecule has 0 aromatic heterocycles. The van der Waals surface area contributed by atoms with E-state index in [9.17, 15) is 0 Å². The fourth-order valence-corrected chi connectivity index (χ4v) is 2.16. The van der Waals surface area contributed by atoms with E-state index in [1.54, 1.807) is 13.2 Å². The maximum absolute atomic E-state index is 9.13. The molecule has 0 aliphatic heterocycles. The Balaban J connectivity index is 2.69. The molecule has 18 heavy (non-hydrogen) atoms. The van der Waals surface area contributed by atoms with Gasteiger partial charge in [-0.1, -0.05) is 0 Å². The van der Waals surface area contributed by atoms with Crippen molar-refractivity contribution < 1.29 is 14.6 Å². The molecular formula is C13H20BrNO3. The minimum Gasteiger partial charge on any atom is -0.493 e. The van der Waals surface area contributed by atoms with E-state index in [0.29, 0.717) is 18.1 Å². The zero-order chi connectivity index (χ0) is 13.5. The van der Waals surface area contributed by atoms with Crippen molar-refractivity contribution in [3.63, 3.8) is 0 Å². The molecule has 0 saturated carbocycles. The summed E-state index contributed by atoms with van der Waals surface area (Å²) >= 11 is 3.43. The van der Waals surface area contributed by atoms with Crippen molar-refractivity contribution in [2.45, 2.75) is 13.0 Å². The van der Waals surface area contributed by atoms with Crippen LogP contribution in [-0.2, 0) is 6.61 Å². The van der Waals surface area contributed by atoms with Gasteiger partial charge in [0.15, 0.2) is 11.5 Å². The highest BCUT2D eigenvalue weighted by molar-refractivity contribution is 9.10. The summed E-state index contributed by atoms with van der Waals surface area (Å²) < 4.78 is 11.8. The van der Waals surface area contributed by atoms with Crippen LogP contribution in [0.15, 0.2) is 16.6 Å². The molecule has 0 atom stereocenters. The van der Waals surface area contributed by atoms with Crippen LogP contribution in [0.25, 0.3) is 0 Å². The molecule has 0 heterocycles. The number of halogens is 1. The Labute approximate surface area is 117 Å². The summed E-state index contributed by atoms with van der Waals surface area (Å²) in [4.78, 5) is 2.12. The summed E-state index contributed by atoms with van der Waals surface area (Å²) in [6, 6.07) is 3.62. The van der Waals surface area contributed by atoms with Gasteiger partial charge in [0.2, 0.25) is 0 Å². The average Bonchev–Trinajstić information content (AvgIpc) is 2.34. The first-order valence-corrected chi connectivity index (χ1v) is 6.62. The molecule has 0 aliphatic rings. The van der Waals surface area contributed by atoms with Crippen molar-refractivity contribution in [2.75, 3.05) is 34.4 Å². The molecule has 1 rings (SSSR count). The first-order chi connectivity index (χ1) is 8.58. The molecule has 1 N–H and O–H groups in total. The van der Waals surface area contributed by atoms with Crippen LogP contribution >= 0.6 is 15.9 Å². The smallest absolute Gasteiger partial charge is 0.175 e. The number of aliphatic hydroxyl groups is 1. The zero-order valence-electron chi connectivity index (χ0n) is 11.1. The topological polar surface area (TPSA) is 41.9 Å². The van der Waals surface area contributed by atoms with E-state index in [4.69, 9.17) is 14.6 Å². The van der Waals surface area contributed by atoms with Gasteiger partial charge in [-0.15, -0.1) is 0 Å². The summed E-state index contributed by atoms with van der Waals surface area (Å²) in [6.45, 7) is 1.59. The minimum absolute atomic E-state index is 0.0180. The second-order valence-electron chi connectivity index (χ2n) is 4.27. The van der Waals surface area contributed by atoms with Crippen molar-refractivity contribution in [3.8, 4) is 11.5 Å². The Bertz CT molecular complexity index is 383. The van der Waals surface area contributed by atoms with E-state index < -0.39 is 0 Å². The van der Waals surface area contributed by atoms with Crippen molar-refractivity contribution in [1.29, 1.82) is 0 Å². The Morgan fingerprint density at radius 1 is 1.33 bits per heavy atom. The van der Waals surface area contributed by atoms with Crippen LogP contribution in [0.5, 0.6) is 11.5 Å². The van der Waals surface area contributed by atoms with Crippen LogP contribution in [0, 0.1) is 0 Å². The predicted molar refractivity (Wildman–Crippen MR) is 75.3 cm³/mol. The Kier molecular flexibility index (Phi) is 6.46. The van der Waals surface area contributed by atoms with Crippen LogP contribution in [0.1, 0.15) is 12.0 Å². The van der Waals surface area contributed by atoms with Gasteiger partial charge in [0.1, 0.15) is 0 Å². The van der Waals surface area contributed by atoms with Crippen molar-refractivity contribution in [2.24, 2.45) is 0 Å². The van der Waals surface area contributed by atoms with Crippen LogP contribution in [0.2, 0.25) is 0 Å². The summed E-state index contributed by atoms with van der Waals surface area (Å²) in [5, 5.41) is 9.13. The Morgan fingerprint density at radius 3 is 2.61 bits per heavy atom. The molecule has 1 aromatic carbocycles. The summed E-state index contributed by atoms with van der Waals surface area (Å²) in [6.07, 6.45) is 0.949. The van der Waals surface area contributed by atoms with Gasteiger partial charge in [-0.05, 0) is 54.1 Å². The summed E-state index contributed by atoms with van der Waals surface area (Å²) in [5.41, 5.74) is 0.791. The highest BCUT2D eigenvalue weighted by Gasteiger charge is 2.11. The van der Waals surface area contributed by atoms with Crippen molar-refractivity contribution in [3.05, 3.63) is 22.2 Å². The average molecular weight is 318 g/mol. The number of aliphatic hydroxyl groups excluding tert-OH is 1. The number of nitrogens with zero attached hydrogens (tertiary/aromatic N) is 1. The molecule has 0 fully saturated rings. The fraction of sp³-hybridized carbons (Fsp3) is 0.538. The third kappa shape index (κ3) is 4.48. The van der Waals surface area contributed by atoms with Crippen LogP contribution < -0.4 is 9.47 Å². The van der Waals surface area contributed by atoms with Crippen LogP contribution in [0.4, 0.5) is 0 Å². The molecule has 0 saturated heterocycles. The number of benzene rings is 1. The van der Waals surface area contributed by atoms with Crippen molar-refractivity contribution >= 4 is 15.9 Å². The zero-order valence-corrected chi connectivity index (χ0v) is 12.7. The predicted octanol–water partition coefficient (Wildman–Crippen LogP) is 2.28. The summed E-state index contributed by atoms with van der Waals surface area (Å²) in [5.74, 6) is 1.33. The van der Waals surface area contributed by atoms with Crippen molar-refractivity contribution in [1.82, 2.24) is 4.90 Å². The number of hydrogen-bond donors (Lipinski definition) is 1. The molecule has 0 amide bonds. The lowest BCUT2D eigenvalue weighted by Crippen LogP contribution is -2.15. The molecule has 0 spiro atoms. The third-order valence-corrected chi connectivity index (χ3v) is 3.06. The van der Waals surface area contributed by atoms with Gasteiger partial charge in [-0.2, -0.15) is 0 Å². The van der Waals surface area contributed by atoms with Gasteiger partial charge in [0, 0.05) is 6.54 Å². The molecule has 0 radical (unpaired) electrons. The maximum atomic E-state index is 9.13. The highest BCUT2D eigenvalue weighted by Crippen LogP contribution is 2.36. The van der Waals surface area contributed by atoms with E-state index in [1.807, 2.05) is 20.2 Å². The maximum Gasteiger partial charge on any atom is 0.175 e. The SMILES string of the molecule is COc1cc(CO)cc(Br)c1OCCCN(C)C. The van der Waals surface area contributed by atoms with E-state index in [2.05, 4.69) is 20.8 Å². The first kappa shape index (κ1) is 15.3. The quantitative estimate of drug-likeness (QED) is 0.783. The van der Waals surface area contributed by atoms with Gasteiger partial charge in [-0.3, -0.25) is 0 Å². The summed E-state index contributed by atoms with van der Waals surface area (Å²) in [7, 11) is 5.66. The molecular weight excluding hydrogens is 298 g/mol. The number of hydrogen-bond acceptors (Lipinski definition) is 4. The molecule has 4 nitrogen and oxygen atoms in total. The largest absolute Gasteiger partial charge is 0.493 e. The van der Waals surface area contributed by atoms with E-state index in [-0.39, 0.29) is 6.61 Å². The second kappa shape index (κ2) is 7.61. The lowest BCUT2D eigenvalue weighted by atomic mass is 10.2. The molecule has 102 valence electrons. The number of rotatable bonds is 7. The van der Waals surface area contributed by atoms with E-state index in [0.717, 1.165) is 23.0 Å². The first-order valence-electron chi connectivity index (χ1n) is 5.83. The van der Waals surface area contributed by atoms with E-state index in [1.165, 1.54) is 0 Å². The highest BCUT2D eigenvalue weighted by atomic mass is 79.9. The Hall–Kier alpha value is -0.780. The molecule has 0 aliphatic carbocycles. The minimum atomic E-state index is -0.0180. The number of ether oxygens (including phenoxy) is 2. The van der Waals surface area contributed by atoms with Gasteiger partial charge >= 0.3 is 0 Å². The lowest BCUT2D eigenvalue weighted by Gasteiger charge is -2.15. The standard InChI is InChI=1S/C13H20BrNO3/c1-15(2)5-4-6-18-13-11(14)7-10(9-16)8-12(13)17-3/h7-8,16H,4-6,9H2,1-3H3. The molecule has 1 aromatic rings. The van der Waals surface area contributed by atoms with Gasteiger partial charge in [-0.25, -0.2) is 0 Å². The molecule has 5 heteroatoms. The second-order valence-corrected chi connectivity index (χ2v) is 5.13. The van der Waals surface area contributed by atoms with Crippen LogP contribution in [0.3, 0.4) is 0 Å². The third-order valence-electron chi connectivity index (χ3n) is 2.47. The molecule has 0 unspecified atom stereocenters. The Morgan fingerprint density at radius 2 is 2.06 bits per heavy atom. The van der Waals surface area contributed by atoms with Gasteiger partial charge in [0.25, 0.3) is 0 Å². The van der Waals surface area contributed by atoms with Gasteiger partial charge in [0.05, 0.1) is 24.8 Å². The van der Waals surface area contributed by atoms with Crippen LogP contribution in [-0.4, -0.2) is 44.4 Å². The number of methoxy groups -OCH3 is 1. The normalized spacial score (nSPS) is 10.8.